The largest absolute Gasteiger partial charge is 1.00 e. The molecule has 1 rings (SSSR count). The average molecular weight is 276 g/mol. The van der Waals surface area contributed by atoms with Gasteiger partial charge in [-0.3, -0.25) is 8.42 Å². The van der Waals surface area contributed by atoms with Crippen molar-refractivity contribution in [2.24, 2.45) is 0 Å². The van der Waals surface area contributed by atoms with Gasteiger partial charge in [0.25, 0.3) is 0 Å². The molecule has 0 aliphatic carbocycles. The van der Waals surface area contributed by atoms with Gasteiger partial charge in [0.15, 0.2) is 0 Å². The molecule has 1 aromatic rings. The van der Waals surface area contributed by atoms with Crippen LogP contribution in [0.25, 0.3) is 0 Å². The predicted molar refractivity (Wildman–Crippen MR) is 52.5 cm³/mol. The minimum absolute atomic E-state index is 0. The first-order valence-corrected chi connectivity index (χ1v) is 5.22. The van der Waals surface area contributed by atoms with Gasteiger partial charge in [-0.05, 0) is 18.1 Å². The molecule has 1 N–H and O–H groups in total. The van der Waals surface area contributed by atoms with Gasteiger partial charge in [0.1, 0.15) is 5.75 Å². The molecule has 0 saturated heterocycles. The number of benzene rings is 1. The molecule has 0 aliphatic rings. The Morgan fingerprint density at radius 3 is 2.00 bits per heavy atom. The molecule has 0 fully saturated rings. The molecule has 0 aliphatic heterocycles. The van der Waals surface area contributed by atoms with Gasteiger partial charge in [0.2, 0.25) is 0 Å². The summed E-state index contributed by atoms with van der Waals surface area (Å²) in [5, 5.41) is 9.19. The molecule has 0 heterocycles. The number of para-hydroxylation sites is 1. The Balaban J connectivity index is -0.000000247. The van der Waals surface area contributed by atoms with Gasteiger partial charge in [-0.2, -0.15) is 0 Å². The van der Waals surface area contributed by atoms with Crippen molar-refractivity contribution in [1.82, 2.24) is 0 Å². The van der Waals surface area contributed by atoms with E-state index in [-0.39, 0.29) is 59.1 Å². The standard InChI is InChI=1S/C9H10O.2Na.H2O4S/c1-2-5-8-6-3-4-7-9(8)10;;;1-5(2,3)4/h2-4,6-7,10H,1,5H2;;;(H2,1,2,3,4)/q;2*+1;/p-2. The Kier molecular flexibility index (Phi) is 15.7. The number of allylic oxidation sites excluding steroid dienone is 1. The summed E-state index contributed by atoms with van der Waals surface area (Å²) in [6, 6.07) is 7.27. The summed E-state index contributed by atoms with van der Waals surface area (Å²) in [6.45, 7) is 3.59. The van der Waals surface area contributed by atoms with Crippen LogP contribution in [0.5, 0.6) is 5.75 Å². The van der Waals surface area contributed by atoms with Crippen LogP contribution in [0.15, 0.2) is 36.9 Å². The average Bonchev–Trinajstić information content (AvgIpc) is 2.06. The van der Waals surface area contributed by atoms with E-state index in [1.165, 1.54) is 0 Å². The minimum Gasteiger partial charge on any atom is -0.759 e. The number of hydrogen-bond acceptors (Lipinski definition) is 5. The zero-order valence-electron chi connectivity index (χ0n) is 9.79. The summed E-state index contributed by atoms with van der Waals surface area (Å²) >= 11 is 0. The molecule has 0 radical (unpaired) electrons. The van der Waals surface area contributed by atoms with Crippen LogP contribution in [-0.2, 0) is 16.8 Å². The molecule has 1 aromatic carbocycles. The number of rotatable bonds is 2. The van der Waals surface area contributed by atoms with Crippen molar-refractivity contribution < 1.29 is 81.7 Å². The van der Waals surface area contributed by atoms with Gasteiger partial charge in [-0.15, -0.1) is 6.58 Å². The molecule has 5 nitrogen and oxygen atoms in total. The van der Waals surface area contributed by atoms with E-state index in [2.05, 4.69) is 6.58 Å². The number of hydrogen-bond donors (Lipinski definition) is 1. The molecule has 0 amide bonds. The third-order valence-electron chi connectivity index (χ3n) is 1.36. The van der Waals surface area contributed by atoms with E-state index in [0.717, 1.165) is 12.0 Å². The summed E-state index contributed by atoms with van der Waals surface area (Å²) in [7, 11) is -5.17. The first kappa shape index (κ1) is 22.8. The maximum Gasteiger partial charge on any atom is 1.00 e. The summed E-state index contributed by atoms with van der Waals surface area (Å²) in [6.07, 6.45) is 2.50. The van der Waals surface area contributed by atoms with E-state index in [4.69, 9.17) is 17.5 Å². The van der Waals surface area contributed by atoms with Gasteiger partial charge in [-0.1, -0.05) is 24.3 Å². The Labute approximate surface area is 145 Å². The third kappa shape index (κ3) is 16.6. The summed E-state index contributed by atoms with van der Waals surface area (Å²) in [4.78, 5) is 0. The van der Waals surface area contributed by atoms with Gasteiger partial charge < -0.3 is 14.2 Å². The molecule has 0 unspecified atom stereocenters. The van der Waals surface area contributed by atoms with Crippen LogP contribution in [0.3, 0.4) is 0 Å². The second kappa shape index (κ2) is 11.7. The third-order valence-corrected chi connectivity index (χ3v) is 1.36. The quantitative estimate of drug-likeness (QED) is 0.252. The Hall–Kier alpha value is 0.630. The number of aromatic hydroxyl groups is 1. The van der Waals surface area contributed by atoms with E-state index in [0.29, 0.717) is 5.75 Å². The van der Waals surface area contributed by atoms with Crippen molar-refractivity contribution >= 4 is 10.4 Å². The fraction of sp³-hybridized carbons (Fsp3) is 0.111. The molecule has 0 atom stereocenters. The summed E-state index contributed by atoms with van der Waals surface area (Å²) in [5.74, 6) is 0.349. The van der Waals surface area contributed by atoms with Crippen LogP contribution in [0.4, 0.5) is 0 Å². The maximum absolute atomic E-state index is 9.19. The molecular formula is C9H10Na2O5S. The van der Waals surface area contributed by atoms with Gasteiger partial charge in [0.05, 0.1) is 0 Å². The Morgan fingerprint density at radius 2 is 1.65 bits per heavy atom. The zero-order chi connectivity index (χ0) is 11.9. The van der Waals surface area contributed by atoms with Crippen molar-refractivity contribution in [2.45, 2.75) is 6.42 Å². The Bertz CT molecular complexity index is 411. The molecule has 84 valence electrons. The molecule has 17 heavy (non-hydrogen) atoms. The summed E-state index contributed by atoms with van der Waals surface area (Å²) < 4.78 is 34.1. The summed E-state index contributed by atoms with van der Waals surface area (Å²) in [5.41, 5.74) is 0.928. The van der Waals surface area contributed by atoms with Crippen molar-refractivity contribution in [2.75, 3.05) is 0 Å². The van der Waals surface area contributed by atoms with E-state index in [1.807, 2.05) is 18.2 Å². The monoisotopic (exact) mass is 276 g/mol. The van der Waals surface area contributed by atoms with Crippen LogP contribution in [0.1, 0.15) is 5.56 Å². The molecule has 0 bridgehead atoms. The normalized spacial score (nSPS) is 8.82. The molecule has 0 saturated carbocycles. The topological polar surface area (TPSA) is 100 Å². The maximum atomic E-state index is 9.19. The first-order valence-electron chi connectivity index (χ1n) is 3.89. The van der Waals surface area contributed by atoms with Gasteiger partial charge in [0, 0.05) is 10.4 Å². The molecular weight excluding hydrogens is 266 g/mol. The predicted octanol–water partition coefficient (Wildman–Crippen LogP) is -5.21. The van der Waals surface area contributed by atoms with Gasteiger partial charge >= 0.3 is 59.1 Å². The van der Waals surface area contributed by atoms with Crippen molar-refractivity contribution in [1.29, 1.82) is 0 Å². The van der Waals surface area contributed by atoms with Crippen molar-refractivity contribution in [3.63, 3.8) is 0 Å². The smallest absolute Gasteiger partial charge is 0.759 e. The Morgan fingerprint density at radius 1 is 1.24 bits per heavy atom. The van der Waals surface area contributed by atoms with E-state index < -0.39 is 10.4 Å². The van der Waals surface area contributed by atoms with Crippen molar-refractivity contribution in [3.05, 3.63) is 42.5 Å². The fourth-order valence-corrected chi connectivity index (χ4v) is 0.839. The van der Waals surface area contributed by atoms with Crippen LogP contribution in [0, 0.1) is 0 Å². The number of phenols is 1. The first-order chi connectivity index (χ1) is 6.84. The van der Waals surface area contributed by atoms with E-state index in [1.54, 1.807) is 12.1 Å². The van der Waals surface area contributed by atoms with E-state index in [9.17, 15) is 5.11 Å². The fourth-order valence-electron chi connectivity index (χ4n) is 0.839. The van der Waals surface area contributed by atoms with Crippen LogP contribution >= 0.6 is 0 Å². The van der Waals surface area contributed by atoms with Crippen LogP contribution in [0.2, 0.25) is 0 Å². The number of phenolic OH excluding ortho intramolecular Hbond substituents is 1. The SMILES string of the molecule is C=CCc1ccccc1O.O=S(=O)([O-])[O-].[Na+].[Na+]. The minimum atomic E-state index is -5.17. The second-order valence-electron chi connectivity index (χ2n) is 2.53. The molecule has 0 aromatic heterocycles. The van der Waals surface area contributed by atoms with Crippen molar-refractivity contribution in [3.8, 4) is 5.75 Å². The van der Waals surface area contributed by atoms with Crippen LogP contribution < -0.4 is 59.1 Å². The van der Waals surface area contributed by atoms with E-state index >= 15 is 0 Å². The van der Waals surface area contributed by atoms with Gasteiger partial charge in [-0.25, -0.2) is 0 Å². The molecule has 0 spiro atoms. The second-order valence-corrected chi connectivity index (χ2v) is 3.35. The zero-order valence-corrected chi connectivity index (χ0v) is 14.6. The molecule has 8 heteroatoms. The van der Waals surface area contributed by atoms with Crippen LogP contribution in [-0.4, -0.2) is 22.6 Å².